The lowest BCUT2D eigenvalue weighted by atomic mass is 10.1. The van der Waals surface area contributed by atoms with Gasteiger partial charge in [-0.05, 0) is 24.3 Å². The maximum atomic E-state index is 13.1. The van der Waals surface area contributed by atoms with Crippen LogP contribution < -0.4 is 16.2 Å². The number of carbonyl (C=O) groups is 1. The van der Waals surface area contributed by atoms with Gasteiger partial charge in [-0.2, -0.15) is 13.2 Å². The number of carbonyl (C=O) groups excluding carboxylic acids is 1. The highest BCUT2D eigenvalue weighted by molar-refractivity contribution is 6.07. The molecule has 1 radical (unpaired) electrons. The number of nitrogens with zero attached hydrogens (tertiary/aromatic N) is 1. The Morgan fingerprint density at radius 1 is 1.17 bits per heavy atom. The van der Waals surface area contributed by atoms with Crippen molar-refractivity contribution in [3.8, 4) is 0 Å². The largest absolute Gasteiger partial charge is 0.419 e. The Balaban J connectivity index is 2.53. The molecule has 0 aliphatic heterocycles. The van der Waals surface area contributed by atoms with Gasteiger partial charge in [0.15, 0.2) is 0 Å². The lowest BCUT2D eigenvalue weighted by Crippen LogP contribution is -2.49. The topological polar surface area (TPSA) is 82.2 Å². The third-order valence-electron chi connectivity index (χ3n) is 2.81. The molecule has 0 aliphatic rings. The second-order valence-corrected chi connectivity index (χ2v) is 4.46. The maximum absolute atomic E-state index is 13.1. The fourth-order valence-corrected chi connectivity index (χ4v) is 1.89. The van der Waals surface area contributed by atoms with Gasteiger partial charge >= 0.3 is 6.18 Å². The zero-order chi connectivity index (χ0) is 17.0. The number of rotatable bonds is 2. The van der Waals surface area contributed by atoms with Crippen molar-refractivity contribution >= 4 is 17.6 Å². The van der Waals surface area contributed by atoms with Gasteiger partial charge < -0.3 is 5.73 Å². The van der Waals surface area contributed by atoms with Crippen LogP contribution in [0.1, 0.15) is 15.9 Å². The van der Waals surface area contributed by atoms with Crippen LogP contribution in [-0.2, 0) is 6.18 Å². The molecular weight excluding hydrogens is 309 g/mol. The number of anilines is 1. The number of guanidine groups is 1. The van der Waals surface area contributed by atoms with E-state index in [1.165, 1.54) is 18.2 Å². The van der Waals surface area contributed by atoms with Crippen molar-refractivity contribution in [3.63, 3.8) is 0 Å². The lowest BCUT2D eigenvalue weighted by molar-refractivity contribution is -0.137. The van der Waals surface area contributed by atoms with E-state index >= 15 is 0 Å². The van der Waals surface area contributed by atoms with Crippen molar-refractivity contribution in [2.24, 2.45) is 5.73 Å². The van der Waals surface area contributed by atoms with E-state index < -0.39 is 29.3 Å². The molecule has 0 saturated heterocycles. The number of hydrogen-bond acceptors (Lipinski definition) is 2. The van der Waals surface area contributed by atoms with Gasteiger partial charge in [-0.3, -0.25) is 15.6 Å². The SMILES string of the molecule is N=C(N)NN(C(=O)c1ccccc1)c1ccc[c]c1C(F)(F)F. The quantitative estimate of drug-likeness (QED) is 0.452. The summed E-state index contributed by atoms with van der Waals surface area (Å²) < 4.78 is 39.4. The molecule has 23 heavy (non-hydrogen) atoms. The van der Waals surface area contributed by atoms with E-state index in [-0.39, 0.29) is 5.56 Å². The Kier molecular flexibility index (Phi) is 4.54. The molecule has 0 aromatic heterocycles. The molecule has 119 valence electrons. The van der Waals surface area contributed by atoms with Crippen LogP contribution in [-0.4, -0.2) is 11.9 Å². The Labute approximate surface area is 130 Å². The summed E-state index contributed by atoms with van der Waals surface area (Å²) in [6, 6.07) is 13.2. The molecule has 5 nitrogen and oxygen atoms in total. The highest BCUT2D eigenvalue weighted by Crippen LogP contribution is 2.36. The molecule has 0 aliphatic carbocycles. The van der Waals surface area contributed by atoms with E-state index in [0.717, 1.165) is 12.1 Å². The second kappa shape index (κ2) is 6.39. The fourth-order valence-electron chi connectivity index (χ4n) is 1.89. The van der Waals surface area contributed by atoms with E-state index in [2.05, 4.69) is 11.5 Å². The maximum Gasteiger partial charge on any atom is 0.419 e. The average molecular weight is 321 g/mol. The normalized spacial score (nSPS) is 10.9. The number of alkyl halides is 3. The Morgan fingerprint density at radius 3 is 2.39 bits per heavy atom. The summed E-state index contributed by atoms with van der Waals surface area (Å²) in [5.74, 6) is -1.46. The molecule has 0 saturated carbocycles. The van der Waals surface area contributed by atoms with E-state index in [9.17, 15) is 18.0 Å². The third kappa shape index (κ3) is 3.79. The molecule has 0 atom stereocenters. The van der Waals surface area contributed by atoms with Crippen LogP contribution in [0, 0.1) is 11.5 Å². The number of hydrogen-bond donors (Lipinski definition) is 3. The summed E-state index contributed by atoms with van der Waals surface area (Å²) in [5.41, 5.74) is 5.82. The first kappa shape index (κ1) is 16.3. The monoisotopic (exact) mass is 321 g/mol. The van der Waals surface area contributed by atoms with Gasteiger partial charge in [0.25, 0.3) is 5.91 Å². The summed E-state index contributed by atoms with van der Waals surface area (Å²) in [5, 5.41) is 7.82. The standard InChI is InChI=1S/C15H12F3N4O/c16-15(17,18)11-8-4-5-9-12(11)22(21-14(19)20)13(23)10-6-2-1-3-7-10/h1-7,9H,(H4,19,20,21). The summed E-state index contributed by atoms with van der Waals surface area (Å²) >= 11 is 0. The van der Waals surface area contributed by atoms with Crippen LogP contribution in [0.3, 0.4) is 0 Å². The van der Waals surface area contributed by atoms with Crippen LogP contribution in [0.15, 0.2) is 48.5 Å². The summed E-state index contributed by atoms with van der Waals surface area (Å²) in [4.78, 5) is 12.5. The van der Waals surface area contributed by atoms with Crippen LogP contribution in [0.25, 0.3) is 0 Å². The van der Waals surface area contributed by atoms with Gasteiger partial charge in [0.2, 0.25) is 5.96 Å². The first-order chi connectivity index (χ1) is 10.8. The minimum Gasteiger partial charge on any atom is -0.369 e. The molecule has 2 aromatic carbocycles. The lowest BCUT2D eigenvalue weighted by Gasteiger charge is -2.26. The Hall–Kier alpha value is -3.03. The first-order valence-electron chi connectivity index (χ1n) is 6.39. The predicted octanol–water partition coefficient (Wildman–Crippen LogP) is 2.55. The molecule has 1 amide bonds. The highest BCUT2D eigenvalue weighted by atomic mass is 19.4. The van der Waals surface area contributed by atoms with Crippen molar-refractivity contribution in [2.75, 3.05) is 5.01 Å². The van der Waals surface area contributed by atoms with Crippen molar-refractivity contribution < 1.29 is 18.0 Å². The molecule has 0 fully saturated rings. The highest BCUT2D eigenvalue weighted by Gasteiger charge is 2.36. The predicted molar refractivity (Wildman–Crippen MR) is 78.6 cm³/mol. The van der Waals surface area contributed by atoms with Gasteiger partial charge in [-0.25, -0.2) is 5.01 Å². The van der Waals surface area contributed by atoms with Gasteiger partial charge in [-0.1, -0.05) is 30.3 Å². The smallest absolute Gasteiger partial charge is 0.369 e. The molecule has 2 rings (SSSR count). The van der Waals surface area contributed by atoms with E-state index in [0.29, 0.717) is 5.01 Å². The van der Waals surface area contributed by atoms with Crippen molar-refractivity contribution in [1.82, 2.24) is 5.43 Å². The van der Waals surface area contributed by atoms with Crippen LogP contribution in [0.5, 0.6) is 0 Å². The number of halogens is 3. The van der Waals surface area contributed by atoms with Crippen LogP contribution in [0.4, 0.5) is 18.9 Å². The molecule has 0 unspecified atom stereocenters. The molecule has 0 spiro atoms. The summed E-state index contributed by atoms with van der Waals surface area (Å²) in [6.07, 6.45) is -4.72. The molecule has 8 heteroatoms. The van der Waals surface area contributed by atoms with Crippen molar-refractivity contribution in [3.05, 3.63) is 65.7 Å². The Bertz CT molecular complexity index is 716. The minimum absolute atomic E-state index is 0.137. The molecule has 0 heterocycles. The van der Waals surface area contributed by atoms with Gasteiger partial charge in [0.1, 0.15) is 0 Å². The summed E-state index contributed by atoms with van der Waals surface area (Å²) in [6.45, 7) is 0. The first-order valence-corrected chi connectivity index (χ1v) is 6.39. The number of nitrogens with two attached hydrogens (primary N) is 1. The molecular formula is C15H12F3N4O. The molecule has 0 bridgehead atoms. The zero-order valence-electron chi connectivity index (χ0n) is 11.7. The van der Waals surface area contributed by atoms with E-state index in [4.69, 9.17) is 11.1 Å². The number of nitrogens with one attached hydrogen (secondary N) is 2. The van der Waals surface area contributed by atoms with Crippen LogP contribution >= 0.6 is 0 Å². The summed E-state index contributed by atoms with van der Waals surface area (Å²) in [7, 11) is 0. The van der Waals surface area contributed by atoms with Gasteiger partial charge in [0.05, 0.1) is 11.3 Å². The fraction of sp³-hybridized carbons (Fsp3) is 0.0667. The number of amides is 1. The van der Waals surface area contributed by atoms with Gasteiger partial charge in [-0.15, -0.1) is 0 Å². The Morgan fingerprint density at radius 2 is 1.83 bits per heavy atom. The van der Waals surface area contributed by atoms with E-state index in [1.807, 2.05) is 0 Å². The van der Waals surface area contributed by atoms with E-state index in [1.54, 1.807) is 18.2 Å². The van der Waals surface area contributed by atoms with Gasteiger partial charge in [0, 0.05) is 5.56 Å². The second-order valence-electron chi connectivity index (χ2n) is 4.46. The number of benzene rings is 2. The van der Waals surface area contributed by atoms with Crippen molar-refractivity contribution in [1.29, 1.82) is 5.41 Å². The average Bonchev–Trinajstić information content (AvgIpc) is 2.52. The zero-order valence-corrected chi connectivity index (χ0v) is 11.7. The molecule has 4 N–H and O–H groups in total. The molecule has 2 aromatic rings. The minimum atomic E-state index is -4.72. The van der Waals surface area contributed by atoms with Crippen LogP contribution in [0.2, 0.25) is 0 Å². The number of hydrazine groups is 1. The third-order valence-corrected chi connectivity index (χ3v) is 2.81. The van der Waals surface area contributed by atoms with Crippen molar-refractivity contribution in [2.45, 2.75) is 6.18 Å².